The van der Waals surface area contributed by atoms with E-state index in [0.29, 0.717) is 33.2 Å². The normalized spacial score (nSPS) is 25.6. The summed E-state index contributed by atoms with van der Waals surface area (Å²) < 4.78 is 55.8. The Morgan fingerprint density at radius 3 is 1.10 bits per heavy atom. The highest BCUT2D eigenvalue weighted by Crippen LogP contribution is 2.33. The van der Waals surface area contributed by atoms with E-state index in [1.165, 1.54) is 13.8 Å². The van der Waals surface area contributed by atoms with E-state index in [1.54, 1.807) is 36.4 Å². The number of nitrogens with zero attached hydrogens (tertiary/aromatic N) is 1. The van der Waals surface area contributed by atoms with Crippen molar-refractivity contribution in [2.75, 3.05) is 23.8 Å². The van der Waals surface area contributed by atoms with Gasteiger partial charge in [-0.05, 0) is 30.3 Å². The standard InChI is InChI=1S/C41H47N3O18/c1-18(45)53-16-32-34(55-20(3)47)36(57-22(5)49)38(59-24(7)51)40(61-32)42-28-11-9-26-13-27-10-12-29(15-31(27)44-30(26)14-28)43-41-39(60-25(8)52)37(58-23(6)50)35(56-21(4)48)33(62-41)17-54-19(2)46/h9-15,32-43H,16-17H2,1-8H3/t32-,33-,34+,35+,36+,37+,38-,39-,40-,41-/m1/s1. The van der Waals surface area contributed by atoms with Crippen molar-refractivity contribution in [3.8, 4) is 0 Å². The summed E-state index contributed by atoms with van der Waals surface area (Å²) in [5.41, 5.74) is 1.74. The Hall–Kier alpha value is -6.61. The molecule has 0 aliphatic carbocycles. The Bertz CT molecular complexity index is 2070. The summed E-state index contributed by atoms with van der Waals surface area (Å²) in [5, 5.41) is 7.69. The van der Waals surface area contributed by atoms with Crippen molar-refractivity contribution in [3.63, 3.8) is 0 Å². The van der Waals surface area contributed by atoms with Crippen molar-refractivity contribution in [2.45, 2.75) is 117 Å². The van der Waals surface area contributed by atoms with Crippen molar-refractivity contribution < 1.29 is 85.7 Å². The number of ether oxygens (including phenoxy) is 10. The van der Waals surface area contributed by atoms with Crippen LogP contribution in [0.25, 0.3) is 21.8 Å². The lowest BCUT2D eigenvalue weighted by molar-refractivity contribution is -0.247. The number of nitrogens with one attached hydrogen (secondary N) is 2. The summed E-state index contributed by atoms with van der Waals surface area (Å²) in [6.07, 6.45) is -13.0. The summed E-state index contributed by atoms with van der Waals surface area (Å²) >= 11 is 0. The predicted molar refractivity (Wildman–Crippen MR) is 210 cm³/mol. The molecule has 21 heteroatoms. The number of rotatable bonds is 14. The minimum absolute atomic E-state index is 0.400. The van der Waals surface area contributed by atoms with E-state index in [-0.39, 0.29) is 0 Å². The molecular formula is C41H47N3O18. The first-order valence-electron chi connectivity index (χ1n) is 19.3. The van der Waals surface area contributed by atoms with Crippen molar-refractivity contribution in [1.29, 1.82) is 0 Å². The number of carbonyl (C=O) groups excluding carboxylic acids is 8. The molecule has 0 spiro atoms. The van der Waals surface area contributed by atoms with Gasteiger partial charge in [0.25, 0.3) is 0 Å². The Morgan fingerprint density at radius 1 is 0.452 bits per heavy atom. The quantitative estimate of drug-likeness (QED) is 0.134. The zero-order chi connectivity index (χ0) is 45.4. The molecular weight excluding hydrogens is 822 g/mol. The number of anilines is 2. The first kappa shape index (κ1) is 46.5. The SMILES string of the molecule is CC(=O)OC[C@H]1O[C@@H](Nc2ccc3cc4ccc(N[C@@H]5O[C@H](COC(C)=O)[C@H](OC(C)=O)[C@H](OC(C)=O)[C@H]5OC(C)=O)cc4nc3c2)[C@H](OC(C)=O)[C@@H](OC(C)=O)[C@H]1OC(C)=O. The molecule has 10 atom stereocenters. The molecule has 2 N–H and O–H groups in total. The van der Waals surface area contributed by atoms with Gasteiger partial charge in [-0.1, -0.05) is 12.1 Å². The molecule has 2 aliphatic rings. The van der Waals surface area contributed by atoms with Gasteiger partial charge in [0.05, 0.1) is 11.0 Å². The van der Waals surface area contributed by atoms with Crippen LogP contribution in [0.3, 0.4) is 0 Å². The molecule has 0 bridgehead atoms. The molecule has 2 saturated heterocycles. The number of hydrogen-bond acceptors (Lipinski definition) is 21. The van der Waals surface area contributed by atoms with E-state index in [2.05, 4.69) is 10.6 Å². The maximum Gasteiger partial charge on any atom is 0.303 e. The Balaban J connectivity index is 1.49. The van der Waals surface area contributed by atoms with Crippen LogP contribution in [0, 0.1) is 0 Å². The van der Waals surface area contributed by atoms with Gasteiger partial charge in [0.15, 0.2) is 49.1 Å². The first-order chi connectivity index (χ1) is 29.3. The molecule has 5 rings (SSSR count). The van der Waals surface area contributed by atoms with Crippen LogP contribution in [0.15, 0.2) is 42.5 Å². The van der Waals surface area contributed by atoms with E-state index >= 15 is 0 Å². The lowest BCUT2D eigenvalue weighted by Crippen LogP contribution is -2.64. The average Bonchev–Trinajstić information content (AvgIpc) is 3.16. The predicted octanol–water partition coefficient (Wildman–Crippen LogP) is 2.38. The number of esters is 8. The molecule has 3 heterocycles. The smallest absolute Gasteiger partial charge is 0.303 e. The molecule has 0 unspecified atom stereocenters. The second-order valence-electron chi connectivity index (χ2n) is 14.3. The van der Waals surface area contributed by atoms with Crippen LogP contribution in [0.4, 0.5) is 11.4 Å². The van der Waals surface area contributed by atoms with E-state index in [4.69, 9.17) is 52.4 Å². The van der Waals surface area contributed by atoms with Gasteiger partial charge in [-0.15, -0.1) is 0 Å². The number of aromatic nitrogens is 1. The Morgan fingerprint density at radius 2 is 0.774 bits per heavy atom. The van der Waals surface area contributed by atoms with Gasteiger partial charge >= 0.3 is 47.8 Å². The second-order valence-corrected chi connectivity index (χ2v) is 14.3. The fourth-order valence-corrected chi connectivity index (χ4v) is 7.02. The average molecular weight is 870 g/mol. The molecule has 2 fully saturated rings. The molecule has 2 aliphatic heterocycles. The zero-order valence-corrected chi connectivity index (χ0v) is 35.0. The number of benzene rings is 2. The molecule has 21 nitrogen and oxygen atoms in total. The summed E-state index contributed by atoms with van der Waals surface area (Å²) in [6, 6.07) is 12.1. The molecule has 1 aromatic heterocycles. The number of hydrogen-bond donors (Lipinski definition) is 2. The number of carbonyl (C=O) groups is 8. The van der Waals surface area contributed by atoms with Crippen LogP contribution in [-0.4, -0.2) is 127 Å². The number of pyridine rings is 1. The molecule has 2 aromatic carbocycles. The van der Waals surface area contributed by atoms with Crippen LogP contribution in [0.1, 0.15) is 55.4 Å². The third-order valence-electron chi connectivity index (χ3n) is 9.21. The zero-order valence-electron chi connectivity index (χ0n) is 35.0. The van der Waals surface area contributed by atoms with E-state index < -0.39 is 122 Å². The largest absolute Gasteiger partial charge is 0.463 e. The maximum atomic E-state index is 12.3. The van der Waals surface area contributed by atoms with Crippen LogP contribution in [0.2, 0.25) is 0 Å². The summed E-state index contributed by atoms with van der Waals surface area (Å²) in [7, 11) is 0. The van der Waals surface area contributed by atoms with Gasteiger partial charge in [-0.2, -0.15) is 0 Å². The molecule has 62 heavy (non-hydrogen) atoms. The number of fused-ring (bicyclic) bond motifs is 2. The summed E-state index contributed by atoms with van der Waals surface area (Å²) in [5.74, 6) is -5.92. The molecule has 0 amide bonds. The van der Waals surface area contributed by atoms with Crippen molar-refractivity contribution in [3.05, 3.63) is 42.5 Å². The molecule has 334 valence electrons. The second kappa shape index (κ2) is 20.3. The van der Waals surface area contributed by atoms with Crippen LogP contribution < -0.4 is 10.6 Å². The van der Waals surface area contributed by atoms with Gasteiger partial charge in [-0.25, -0.2) is 4.98 Å². The fourth-order valence-electron chi connectivity index (χ4n) is 7.02. The maximum absolute atomic E-state index is 12.3. The van der Waals surface area contributed by atoms with E-state index in [1.807, 2.05) is 6.07 Å². The third-order valence-corrected chi connectivity index (χ3v) is 9.21. The van der Waals surface area contributed by atoms with Crippen LogP contribution >= 0.6 is 0 Å². The first-order valence-corrected chi connectivity index (χ1v) is 19.3. The third kappa shape index (κ3) is 12.2. The van der Waals surface area contributed by atoms with Gasteiger partial charge in [-0.3, -0.25) is 38.4 Å². The summed E-state index contributed by atoms with van der Waals surface area (Å²) in [4.78, 5) is 102. The van der Waals surface area contributed by atoms with Gasteiger partial charge in [0.2, 0.25) is 0 Å². The van der Waals surface area contributed by atoms with Crippen molar-refractivity contribution in [2.24, 2.45) is 0 Å². The Kier molecular flexibility index (Phi) is 15.2. The Labute approximate surface area is 354 Å². The van der Waals surface area contributed by atoms with Gasteiger partial charge < -0.3 is 58.0 Å². The van der Waals surface area contributed by atoms with Crippen LogP contribution in [-0.2, 0) is 85.7 Å². The molecule has 0 radical (unpaired) electrons. The highest BCUT2D eigenvalue weighted by molar-refractivity contribution is 5.95. The fraction of sp³-hybridized carbons (Fsp3) is 0.488. The lowest BCUT2D eigenvalue weighted by Gasteiger charge is -2.44. The van der Waals surface area contributed by atoms with Crippen LogP contribution in [0.5, 0.6) is 0 Å². The minimum atomic E-state index is -1.39. The van der Waals surface area contributed by atoms with E-state index in [9.17, 15) is 38.4 Å². The highest BCUT2D eigenvalue weighted by Gasteiger charge is 2.53. The topological polar surface area (TPSA) is 266 Å². The summed E-state index contributed by atoms with van der Waals surface area (Å²) in [6.45, 7) is 8.30. The molecule has 3 aromatic rings. The minimum Gasteiger partial charge on any atom is -0.463 e. The van der Waals surface area contributed by atoms with Gasteiger partial charge in [0, 0.05) is 77.5 Å². The monoisotopic (exact) mass is 869 g/mol. The molecule has 0 saturated carbocycles. The van der Waals surface area contributed by atoms with Crippen molar-refractivity contribution >= 4 is 80.9 Å². The van der Waals surface area contributed by atoms with Gasteiger partial charge in [0.1, 0.15) is 25.4 Å². The van der Waals surface area contributed by atoms with Crippen molar-refractivity contribution in [1.82, 2.24) is 4.98 Å². The van der Waals surface area contributed by atoms with E-state index in [0.717, 1.165) is 41.5 Å². The highest BCUT2D eigenvalue weighted by atomic mass is 16.7. The lowest BCUT2D eigenvalue weighted by atomic mass is 9.97.